The molecule has 0 heterocycles. The third kappa shape index (κ3) is 1.66. The Hall–Kier alpha value is -0.660. The minimum Gasteiger partial charge on any atom is -0.512 e. The van der Waals surface area contributed by atoms with Crippen molar-refractivity contribution < 1.29 is 10.2 Å². The molecule has 0 atom stereocenters. The van der Waals surface area contributed by atoms with Gasteiger partial charge in [0.15, 0.2) is 0 Å². The smallest absolute Gasteiger partial charge is 0.129 e. The maximum absolute atomic E-state index is 9.09. The van der Waals surface area contributed by atoms with Crippen molar-refractivity contribution in [3.63, 3.8) is 0 Å². The molecule has 58 valence electrons. The molecule has 0 bridgehead atoms. The largest absolute Gasteiger partial charge is 0.512 e. The van der Waals surface area contributed by atoms with Crippen LogP contribution in [-0.2, 0) is 0 Å². The molecule has 0 aliphatic heterocycles. The predicted molar refractivity (Wildman–Crippen MR) is 39.9 cm³/mol. The van der Waals surface area contributed by atoms with Crippen LogP contribution < -0.4 is 0 Å². The van der Waals surface area contributed by atoms with E-state index in [0.717, 1.165) is 19.1 Å². The third-order valence-corrected chi connectivity index (χ3v) is 2.16. The molecule has 1 aliphatic carbocycles. The summed E-state index contributed by atoms with van der Waals surface area (Å²) >= 11 is 0. The van der Waals surface area contributed by atoms with Crippen molar-refractivity contribution in [3.8, 4) is 0 Å². The molecular formula is C8H14O2. The topological polar surface area (TPSA) is 40.5 Å². The van der Waals surface area contributed by atoms with Crippen LogP contribution >= 0.6 is 0 Å². The first kappa shape index (κ1) is 7.45. The van der Waals surface area contributed by atoms with Crippen LogP contribution in [0.3, 0.4) is 0 Å². The van der Waals surface area contributed by atoms with Crippen LogP contribution in [0.2, 0.25) is 0 Å². The summed E-state index contributed by atoms with van der Waals surface area (Å²) in [5, 5.41) is 17.6. The molecule has 1 rings (SSSR count). The van der Waals surface area contributed by atoms with E-state index in [0.29, 0.717) is 0 Å². The maximum atomic E-state index is 9.09. The molecule has 2 heteroatoms. The van der Waals surface area contributed by atoms with E-state index in [9.17, 15) is 0 Å². The molecule has 0 unspecified atom stereocenters. The van der Waals surface area contributed by atoms with Gasteiger partial charge >= 0.3 is 0 Å². The van der Waals surface area contributed by atoms with Crippen molar-refractivity contribution in [1.29, 1.82) is 0 Å². The lowest BCUT2D eigenvalue weighted by molar-refractivity contribution is 0.255. The van der Waals surface area contributed by atoms with Gasteiger partial charge in [-0.1, -0.05) is 19.3 Å². The molecule has 0 aromatic carbocycles. The molecule has 0 radical (unpaired) electrons. The highest BCUT2D eigenvalue weighted by Gasteiger charge is 2.16. The average Bonchev–Trinajstić information content (AvgIpc) is 2.05. The van der Waals surface area contributed by atoms with Gasteiger partial charge in [0.25, 0.3) is 0 Å². The summed E-state index contributed by atoms with van der Waals surface area (Å²) in [6.07, 6.45) is 6.53. The fourth-order valence-electron chi connectivity index (χ4n) is 1.50. The number of aliphatic hydroxyl groups excluding tert-OH is 2. The Bertz CT molecular complexity index is 123. The number of hydrogen-bond donors (Lipinski definition) is 2. The lowest BCUT2D eigenvalue weighted by atomic mass is 9.88. The highest BCUT2D eigenvalue weighted by molar-refractivity contribution is 4.92. The van der Waals surface area contributed by atoms with E-state index < -0.39 is 0 Å². The number of hydrogen-bond acceptors (Lipinski definition) is 2. The SMILES string of the molecule is O/C=C(\O)C1CCCCC1. The minimum absolute atomic E-state index is 0.166. The van der Waals surface area contributed by atoms with E-state index in [1.807, 2.05) is 0 Å². The summed E-state index contributed by atoms with van der Waals surface area (Å²) < 4.78 is 0. The van der Waals surface area contributed by atoms with Gasteiger partial charge < -0.3 is 10.2 Å². The normalized spacial score (nSPS) is 23.0. The second kappa shape index (κ2) is 3.49. The Morgan fingerprint density at radius 3 is 2.30 bits per heavy atom. The van der Waals surface area contributed by atoms with Crippen LogP contribution in [-0.4, -0.2) is 10.2 Å². The Morgan fingerprint density at radius 1 is 1.20 bits per heavy atom. The van der Waals surface area contributed by atoms with Crippen molar-refractivity contribution in [2.45, 2.75) is 32.1 Å². The zero-order chi connectivity index (χ0) is 7.40. The van der Waals surface area contributed by atoms with Gasteiger partial charge in [0.05, 0.1) is 0 Å². The van der Waals surface area contributed by atoms with Crippen molar-refractivity contribution in [2.24, 2.45) is 5.92 Å². The van der Waals surface area contributed by atoms with Crippen molar-refractivity contribution in [2.75, 3.05) is 0 Å². The Balaban J connectivity index is 2.39. The molecule has 0 saturated heterocycles. The Labute approximate surface area is 61.2 Å². The average molecular weight is 142 g/mol. The fraction of sp³-hybridized carbons (Fsp3) is 0.750. The molecule has 2 nitrogen and oxygen atoms in total. The van der Waals surface area contributed by atoms with Gasteiger partial charge in [-0.25, -0.2) is 0 Å². The molecule has 0 spiro atoms. The summed E-state index contributed by atoms with van der Waals surface area (Å²) in [7, 11) is 0. The van der Waals surface area contributed by atoms with Crippen molar-refractivity contribution in [3.05, 3.63) is 12.0 Å². The monoisotopic (exact) mass is 142 g/mol. The Morgan fingerprint density at radius 2 is 1.80 bits per heavy atom. The molecule has 0 aromatic heterocycles. The zero-order valence-electron chi connectivity index (χ0n) is 6.08. The number of allylic oxidation sites excluding steroid dienone is 1. The first-order valence-electron chi connectivity index (χ1n) is 3.88. The summed E-state index contributed by atoms with van der Waals surface area (Å²) in [4.78, 5) is 0. The van der Waals surface area contributed by atoms with Crippen LogP contribution in [0.4, 0.5) is 0 Å². The predicted octanol–water partition coefficient (Wildman–Crippen LogP) is 2.52. The van der Waals surface area contributed by atoms with E-state index in [1.54, 1.807) is 0 Å². The van der Waals surface area contributed by atoms with Crippen LogP contribution in [0.15, 0.2) is 12.0 Å². The molecule has 0 amide bonds. The highest BCUT2D eigenvalue weighted by atomic mass is 16.3. The highest BCUT2D eigenvalue weighted by Crippen LogP contribution is 2.27. The first-order chi connectivity index (χ1) is 4.84. The van der Waals surface area contributed by atoms with Crippen LogP contribution in [0, 0.1) is 5.92 Å². The van der Waals surface area contributed by atoms with Gasteiger partial charge in [-0.2, -0.15) is 0 Å². The molecule has 2 N–H and O–H groups in total. The fourth-order valence-corrected chi connectivity index (χ4v) is 1.50. The van der Waals surface area contributed by atoms with Crippen LogP contribution in [0.1, 0.15) is 32.1 Å². The van der Waals surface area contributed by atoms with Gasteiger partial charge in [-0.05, 0) is 12.8 Å². The van der Waals surface area contributed by atoms with Gasteiger partial charge in [-0.3, -0.25) is 0 Å². The minimum atomic E-state index is 0.166. The molecule has 1 fully saturated rings. The summed E-state index contributed by atoms with van der Waals surface area (Å²) in [6.45, 7) is 0. The van der Waals surface area contributed by atoms with Crippen LogP contribution in [0.5, 0.6) is 0 Å². The first-order valence-corrected chi connectivity index (χ1v) is 3.88. The summed E-state index contributed by atoms with van der Waals surface area (Å²) in [5.41, 5.74) is 0. The second-order valence-electron chi connectivity index (χ2n) is 2.89. The van der Waals surface area contributed by atoms with Gasteiger partial charge in [0.2, 0.25) is 0 Å². The maximum Gasteiger partial charge on any atom is 0.129 e. The summed E-state index contributed by atoms with van der Waals surface area (Å²) in [6, 6.07) is 0. The van der Waals surface area contributed by atoms with Crippen LogP contribution in [0.25, 0.3) is 0 Å². The molecule has 1 aliphatic rings. The van der Waals surface area contributed by atoms with E-state index in [1.165, 1.54) is 19.3 Å². The molecule has 10 heavy (non-hydrogen) atoms. The number of aliphatic hydroxyl groups is 2. The van der Waals surface area contributed by atoms with E-state index >= 15 is 0 Å². The number of rotatable bonds is 1. The quantitative estimate of drug-likeness (QED) is 0.552. The third-order valence-electron chi connectivity index (χ3n) is 2.16. The molecule has 0 aromatic rings. The van der Waals surface area contributed by atoms with Gasteiger partial charge in [-0.15, -0.1) is 0 Å². The molecule has 1 saturated carbocycles. The van der Waals surface area contributed by atoms with Crippen molar-refractivity contribution >= 4 is 0 Å². The van der Waals surface area contributed by atoms with Gasteiger partial charge in [0, 0.05) is 5.92 Å². The van der Waals surface area contributed by atoms with E-state index in [4.69, 9.17) is 10.2 Å². The zero-order valence-corrected chi connectivity index (χ0v) is 6.08. The molecular weight excluding hydrogens is 128 g/mol. The second-order valence-corrected chi connectivity index (χ2v) is 2.89. The lowest BCUT2D eigenvalue weighted by Gasteiger charge is -2.19. The lowest BCUT2D eigenvalue weighted by Crippen LogP contribution is -2.08. The standard InChI is InChI=1S/C8H14O2/c9-6-8(10)7-4-2-1-3-5-7/h6-7,9-10H,1-5H2/b8-6-. The van der Waals surface area contributed by atoms with E-state index in [2.05, 4.69) is 0 Å². The van der Waals surface area contributed by atoms with Gasteiger partial charge in [0.1, 0.15) is 12.0 Å². The Kier molecular flexibility index (Phi) is 2.60. The summed E-state index contributed by atoms with van der Waals surface area (Å²) in [5.74, 6) is 0.401. The van der Waals surface area contributed by atoms with Crippen molar-refractivity contribution in [1.82, 2.24) is 0 Å². The van der Waals surface area contributed by atoms with E-state index in [-0.39, 0.29) is 11.7 Å².